The number of hydrogen-bond acceptors (Lipinski definition) is 2. The first kappa shape index (κ1) is 14.6. The van der Waals surface area contributed by atoms with E-state index < -0.39 is 0 Å². The predicted molar refractivity (Wildman–Crippen MR) is 73.8 cm³/mol. The van der Waals surface area contributed by atoms with E-state index >= 15 is 0 Å². The zero-order valence-electron chi connectivity index (χ0n) is 11.7. The van der Waals surface area contributed by atoms with Gasteiger partial charge >= 0.3 is 0 Å². The molecule has 3 nitrogen and oxygen atoms in total. The normalized spacial score (nSPS) is 11.3. The van der Waals surface area contributed by atoms with Crippen LogP contribution < -0.4 is 10.5 Å². The van der Waals surface area contributed by atoms with E-state index in [0.717, 1.165) is 24.2 Å². The summed E-state index contributed by atoms with van der Waals surface area (Å²) in [6.45, 7) is 6.55. The third-order valence-corrected chi connectivity index (χ3v) is 3.02. The lowest BCUT2D eigenvalue weighted by Crippen LogP contribution is -2.12. The van der Waals surface area contributed by atoms with Crippen LogP contribution in [0.15, 0.2) is 18.2 Å². The molecule has 0 atom stereocenters. The molecule has 0 fully saturated rings. The predicted octanol–water partition coefficient (Wildman–Crippen LogP) is 2.80. The van der Waals surface area contributed by atoms with Gasteiger partial charge in [0.05, 0.1) is 7.11 Å². The van der Waals surface area contributed by atoms with Crippen molar-refractivity contribution in [3.05, 3.63) is 29.3 Å². The zero-order chi connectivity index (χ0) is 13.8. The van der Waals surface area contributed by atoms with E-state index in [-0.39, 0.29) is 11.3 Å². The number of primary amides is 1. The van der Waals surface area contributed by atoms with Gasteiger partial charge in [0.2, 0.25) is 5.91 Å². The summed E-state index contributed by atoms with van der Waals surface area (Å²) in [5, 5.41) is 0. The van der Waals surface area contributed by atoms with Crippen LogP contribution in [0.3, 0.4) is 0 Å². The fraction of sp³-hybridized carbons (Fsp3) is 0.533. The molecule has 0 heterocycles. The van der Waals surface area contributed by atoms with Crippen LogP contribution in [0.2, 0.25) is 0 Å². The van der Waals surface area contributed by atoms with Crippen molar-refractivity contribution in [3.8, 4) is 5.75 Å². The molecule has 1 amide bonds. The Morgan fingerprint density at radius 2 is 2.00 bits per heavy atom. The zero-order valence-corrected chi connectivity index (χ0v) is 11.7. The lowest BCUT2D eigenvalue weighted by atomic mass is 9.85. The van der Waals surface area contributed by atoms with Gasteiger partial charge in [0.15, 0.2) is 0 Å². The molecule has 0 aromatic heterocycles. The number of carbonyl (C=O) groups is 1. The minimum Gasteiger partial charge on any atom is -0.496 e. The summed E-state index contributed by atoms with van der Waals surface area (Å²) in [6, 6.07) is 6.26. The van der Waals surface area contributed by atoms with Gasteiger partial charge < -0.3 is 10.5 Å². The molecule has 3 heteroatoms. The second-order valence-corrected chi connectivity index (χ2v) is 5.60. The molecule has 18 heavy (non-hydrogen) atoms. The number of methoxy groups -OCH3 is 1. The SMILES string of the molecule is COc1ccc(C(C)(C)C)cc1CCCC(N)=O. The molecule has 0 unspecified atom stereocenters. The van der Waals surface area contributed by atoms with Crippen LogP contribution in [-0.4, -0.2) is 13.0 Å². The number of rotatable bonds is 5. The first-order valence-corrected chi connectivity index (χ1v) is 6.30. The molecule has 1 aromatic rings. The topological polar surface area (TPSA) is 52.3 Å². The quantitative estimate of drug-likeness (QED) is 0.872. The number of aryl methyl sites for hydroxylation is 1. The van der Waals surface area contributed by atoms with E-state index in [0.29, 0.717) is 6.42 Å². The maximum Gasteiger partial charge on any atom is 0.217 e. The van der Waals surface area contributed by atoms with Crippen molar-refractivity contribution in [1.82, 2.24) is 0 Å². The van der Waals surface area contributed by atoms with E-state index in [9.17, 15) is 4.79 Å². The molecule has 0 spiro atoms. The molecule has 0 aliphatic carbocycles. The molecule has 1 aromatic carbocycles. The summed E-state index contributed by atoms with van der Waals surface area (Å²) in [6.07, 6.45) is 2.00. The number of carbonyl (C=O) groups excluding carboxylic acids is 1. The van der Waals surface area contributed by atoms with E-state index in [2.05, 4.69) is 32.9 Å². The summed E-state index contributed by atoms with van der Waals surface area (Å²) >= 11 is 0. The average molecular weight is 249 g/mol. The van der Waals surface area contributed by atoms with Gasteiger partial charge in [-0.05, 0) is 35.4 Å². The van der Waals surface area contributed by atoms with Crippen molar-refractivity contribution < 1.29 is 9.53 Å². The Labute approximate surface area is 109 Å². The maximum absolute atomic E-state index is 10.8. The van der Waals surface area contributed by atoms with Crippen molar-refractivity contribution >= 4 is 5.91 Å². The highest BCUT2D eigenvalue weighted by Crippen LogP contribution is 2.28. The molecule has 0 saturated heterocycles. The standard InChI is InChI=1S/C15H23NO2/c1-15(2,3)12-8-9-13(18-4)11(10-12)6-5-7-14(16)17/h8-10H,5-7H2,1-4H3,(H2,16,17). The van der Waals surface area contributed by atoms with E-state index in [4.69, 9.17) is 10.5 Å². The molecule has 0 radical (unpaired) electrons. The van der Waals surface area contributed by atoms with Gasteiger partial charge in [0.1, 0.15) is 5.75 Å². The molecule has 0 saturated carbocycles. The van der Waals surface area contributed by atoms with Gasteiger partial charge in [-0.1, -0.05) is 32.9 Å². The van der Waals surface area contributed by atoms with Crippen LogP contribution in [-0.2, 0) is 16.6 Å². The summed E-state index contributed by atoms with van der Waals surface area (Å²) < 4.78 is 5.35. The lowest BCUT2D eigenvalue weighted by molar-refractivity contribution is -0.118. The first-order chi connectivity index (χ1) is 8.34. The molecule has 100 valence electrons. The van der Waals surface area contributed by atoms with Gasteiger partial charge in [-0.2, -0.15) is 0 Å². The monoisotopic (exact) mass is 249 g/mol. The van der Waals surface area contributed by atoms with Gasteiger partial charge in [-0.3, -0.25) is 4.79 Å². The largest absolute Gasteiger partial charge is 0.496 e. The minimum absolute atomic E-state index is 0.116. The van der Waals surface area contributed by atoms with Crippen LogP contribution >= 0.6 is 0 Å². The third kappa shape index (κ3) is 4.06. The fourth-order valence-electron chi connectivity index (χ4n) is 1.89. The summed E-state index contributed by atoms with van der Waals surface area (Å²) in [5.41, 5.74) is 7.69. The minimum atomic E-state index is -0.249. The molecule has 0 aliphatic heterocycles. The molecule has 1 rings (SSSR count). The molecule has 2 N–H and O–H groups in total. The number of hydrogen-bond donors (Lipinski definition) is 1. The van der Waals surface area contributed by atoms with Crippen LogP contribution in [0, 0.1) is 0 Å². The van der Waals surface area contributed by atoms with Crippen LogP contribution in [0.5, 0.6) is 5.75 Å². The Hall–Kier alpha value is -1.51. The second kappa shape index (κ2) is 5.89. The number of nitrogens with two attached hydrogens (primary N) is 1. The summed E-state index contributed by atoms with van der Waals surface area (Å²) in [7, 11) is 1.67. The molecule has 0 aliphatic rings. The van der Waals surface area contributed by atoms with Crippen molar-refractivity contribution in [1.29, 1.82) is 0 Å². The van der Waals surface area contributed by atoms with Crippen LogP contribution in [0.1, 0.15) is 44.7 Å². The maximum atomic E-state index is 10.8. The highest BCUT2D eigenvalue weighted by Gasteiger charge is 2.15. The van der Waals surface area contributed by atoms with E-state index in [1.165, 1.54) is 5.56 Å². The summed E-state index contributed by atoms with van der Waals surface area (Å²) in [4.78, 5) is 10.8. The van der Waals surface area contributed by atoms with Crippen molar-refractivity contribution in [3.63, 3.8) is 0 Å². The fourth-order valence-corrected chi connectivity index (χ4v) is 1.89. The first-order valence-electron chi connectivity index (χ1n) is 6.30. The Bertz CT molecular complexity index is 419. The van der Waals surface area contributed by atoms with Gasteiger partial charge in [0, 0.05) is 6.42 Å². The lowest BCUT2D eigenvalue weighted by Gasteiger charge is -2.21. The highest BCUT2D eigenvalue weighted by atomic mass is 16.5. The summed E-state index contributed by atoms with van der Waals surface area (Å²) in [5.74, 6) is 0.633. The highest BCUT2D eigenvalue weighted by molar-refractivity contribution is 5.73. The second-order valence-electron chi connectivity index (χ2n) is 5.60. The van der Waals surface area contributed by atoms with Crippen LogP contribution in [0.25, 0.3) is 0 Å². The van der Waals surface area contributed by atoms with E-state index in [1.54, 1.807) is 7.11 Å². The molecular weight excluding hydrogens is 226 g/mol. The number of amides is 1. The Kier molecular flexibility index (Phi) is 4.76. The van der Waals surface area contributed by atoms with E-state index in [1.807, 2.05) is 6.07 Å². The molecule has 0 bridgehead atoms. The third-order valence-electron chi connectivity index (χ3n) is 3.02. The van der Waals surface area contributed by atoms with Crippen molar-refractivity contribution in [2.24, 2.45) is 5.73 Å². The van der Waals surface area contributed by atoms with Gasteiger partial charge in [-0.15, -0.1) is 0 Å². The Balaban J connectivity index is 2.89. The van der Waals surface area contributed by atoms with Gasteiger partial charge in [0.25, 0.3) is 0 Å². The average Bonchev–Trinajstić information content (AvgIpc) is 2.27. The van der Waals surface area contributed by atoms with Crippen molar-refractivity contribution in [2.75, 3.05) is 7.11 Å². The van der Waals surface area contributed by atoms with Gasteiger partial charge in [-0.25, -0.2) is 0 Å². The number of ether oxygens (including phenoxy) is 1. The smallest absolute Gasteiger partial charge is 0.217 e. The molecular formula is C15H23NO2. The number of benzene rings is 1. The Morgan fingerprint density at radius 3 is 2.50 bits per heavy atom. The van der Waals surface area contributed by atoms with Crippen molar-refractivity contribution in [2.45, 2.75) is 45.4 Å². The Morgan fingerprint density at radius 1 is 1.33 bits per heavy atom. The van der Waals surface area contributed by atoms with Crippen LogP contribution in [0.4, 0.5) is 0 Å².